The molecule has 1 aliphatic heterocycles. The molecule has 5 rings (SSSR count). The van der Waals surface area contributed by atoms with E-state index in [2.05, 4.69) is 15.6 Å². The van der Waals surface area contributed by atoms with E-state index in [-0.39, 0.29) is 18.7 Å². The van der Waals surface area contributed by atoms with Crippen LogP contribution in [0.25, 0.3) is 10.9 Å². The number of H-pyrrole nitrogens is 1. The summed E-state index contributed by atoms with van der Waals surface area (Å²) >= 11 is 0. The number of rotatable bonds is 12. The van der Waals surface area contributed by atoms with E-state index in [1.54, 1.807) is 6.20 Å². The fourth-order valence-electron chi connectivity index (χ4n) is 5.79. The number of carbonyl (C=O) groups is 4. The van der Waals surface area contributed by atoms with Gasteiger partial charge in [-0.2, -0.15) is 0 Å². The third-order valence-electron chi connectivity index (χ3n) is 8.08. The Balaban J connectivity index is 1.30. The Morgan fingerprint density at radius 3 is 2.16 bits per heavy atom. The molecule has 4 aromatic rings. The number of para-hydroxylation sites is 1. The van der Waals surface area contributed by atoms with Crippen molar-refractivity contribution < 1.29 is 24.3 Å². The molecule has 10 heteroatoms. The molecule has 1 fully saturated rings. The van der Waals surface area contributed by atoms with E-state index in [0.717, 1.165) is 27.6 Å². The van der Waals surface area contributed by atoms with Crippen LogP contribution in [0.15, 0.2) is 91.1 Å². The van der Waals surface area contributed by atoms with Crippen molar-refractivity contribution >= 4 is 34.6 Å². The Kier molecular flexibility index (Phi) is 9.71. The first-order valence-electron chi connectivity index (χ1n) is 14.8. The van der Waals surface area contributed by atoms with Gasteiger partial charge in [-0.1, -0.05) is 78.9 Å². The first-order chi connectivity index (χ1) is 21.3. The van der Waals surface area contributed by atoms with Gasteiger partial charge in [0.05, 0.1) is 6.04 Å². The van der Waals surface area contributed by atoms with E-state index in [1.165, 1.54) is 4.90 Å². The van der Waals surface area contributed by atoms with Crippen LogP contribution in [0.5, 0.6) is 0 Å². The summed E-state index contributed by atoms with van der Waals surface area (Å²) in [6, 6.07) is 22.3. The number of fused-ring (bicyclic) bond motifs is 1. The number of nitrogens with one attached hydrogen (secondary N) is 3. The summed E-state index contributed by atoms with van der Waals surface area (Å²) in [6.45, 7) is 0.390. The molecule has 1 aromatic heterocycles. The highest BCUT2D eigenvalue weighted by Gasteiger charge is 2.38. The highest BCUT2D eigenvalue weighted by atomic mass is 16.4. The second kappa shape index (κ2) is 14.0. The molecule has 0 spiro atoms. The minimum absolute atomic E-state index is 0.0568. The van der Waals surface area contributed by atoms with Crippen LogP contribution in [0.4, 0.5) is 0 Å². The molecular weight excluding hydrogens is 558 g/mol. The van der Waals surface area contributed by atoms with Gasteiger partial charge in [-0.3, -0.25) is 14.4 Å². The average molecular weight is 596 g/mol. The largest absolute Gasteiger partial charge is 0.480 e. The van der Waals surface area contributed by atoms with Crippen molar-refractivity contribution in [2.45, 2.75) is 56.3 Å². The maximum Gasteiger partial charge on any atom is 0.326 e. The molecule has 0 bridgehead atoms. The molecule has 0 saturated carbocycles. The summed E-state index contributed by atoms with van der Waals surface area (Å²) in [5.41, 5.74) is 9.61. The summed E-state index contributed by atoms with van der Waals surface area (Å²) in [7, 11) is 0. The Labute approximate surface area is 255 Å². The van der Waals surface area contributed by atoms with E-state index < -0.39 is 42.0 Å². The van der Waals surface area contributed by atoms with Crippen LogP contribution >= 0.6 is 0 Å². The molecule has 1 saturated heterocycles. The number of aromatic nitrogens is 1. The second-order valence-electron chi connectivity index (χ2n) is 11.2. The average Bonchev–Trinajstić information content (AvgIpc) is 3.69. The molecule has 3 amide bonds. The molecule has 0 unspecified atom stereocenters. The number of carbonyl (C=O) groups excluding carboxylic acids is 3. The number of carboxylic acid groups (broad SMARTS) is 1. The number of nitrogens with two attached hydrogens (primary N) is 1. The lowest BCUT2D eigenvalue weighted by atomic mass is 10.0. The molecule has 1 aliphatic rings. The summed E-state index contributed by atoms with van der Waals surface area (Å²) in [5, 5.41) is 16.4. The number of benzene rings is 3. The van der Waals surface area contributed by atoms with Gasteiger partial charge < -0.3 is 31.4 Å². The molecule has 44 heavy (non-hydrogen) atoms. The van der Waals surface area contributed by atoms with Gasteiger partial charge in [0.15, 0.2) is 0 Å². The number of aliphatic carboxylic acids is 1. The van der Waals surface area contributed by atoms with Crippen LogP contribution in [0, 0.1) is 0 Å². The van der Waals surface area contributed by atoms with E-state index in [0.29, 0.717) is 25.8 Å². The summed E-state index contributed by atoms with van der Waals surface area (Å²) in [5.74, 6) is -2.60. The van der Waals surface area contributed by atoms with Gasteiger partial charge in [-0.15, -0.1) is 0 Å². The van der Waals surface area contributed by atoms with E-state index in [4.69, 9.17) is 5.73 Å². The molecule has 10 nitrogen and oxygen atoms in total. The Hall–Kier alpha value is -4.96. The summed E-state index contributed by atoms with van der Waals surface area (Å²) in [6.07, 6.45) is 3.35. The zero-order valence-electron chi connectivity index (χ0n) is 24.3. The third-order valence-corrected chi connectivity index (χ3v) is 8.08. The Morgan fingerprint density at radius 1 is 0.841 bits per heavy atom. The van der Waals surface area contributed by atoms with Gasteiger partial charge in [-0.05, 0) is 42.0 Å². The number of nitrogens with zero attached hydrogens (tertiary/aromatic N) is 1. The van der Waals surface area contributed by atoms with Crippen LogP contribution < -0.4 is 16.4 Å². The van der Waals surface area contributed by atoms with Crippen molar-refractivity contribution in [2.24, 2.45) is 5.73 Å². The van der Waals surface area contributed by atoms with Crippen molar-refractivity contribution in [3.63, 3.8) is 0 Å². The first-order valence-corrected chi connectivity index (χ1v) is 14.8. The van der Waals surface area contributed by atoms with Crippen LogP contribution in [0.2, 0.25) is 0 Å². The standard InChI is InChI=1S/C34H37N5O5/c35-26(18-22-10-3-1-4-11-22)33(42)39-17-9-16-30(39)32(41)37-28(19-23-12-5-2-6-13-23)31(40)38-29(34(43)44)20-24-21-36-27-15-8-7-14-25(24)27/h1-8,10-15,21,26,28-30,36H,9,16-20,35H2,(H,37,41)(H,38,40)(H,43,44)/t26-,28-,29-,30+/m0/s1. The van der Waals surface area contributed by atoms with E-state index in [9.17, 15) is 24.3 Å². The molecular formula is C34H37N5O5. The highest BCUT2D eigenvalue weighted by molar-refractivity contribution is 5.95. The van der Waals surface area contributed by atoms with E-state index in [1.807, 2.05) is 84.9 Å². The predicted octanol–water partition coefficient (Wildman–Crippen LogP) is 2.57. The van der Waals surface area contributed by atoms with Crippen molar-refractivity contribution in [1.29, 1.82) is 0 Å². The normalized spacial score (nSPS) is 16.7. The summed E-state index contributed by atoms with van der Waals surface area (Å²) in [4.78, 5) is 57.5. The number of aromatic amines is 1. The molecule has 0 radical (unpaired) electrons. The second-order valence-corrected chi connectivity index (χ2v) is 11.2. The molecule has 2 heterocycles. The Bertz CT molecular complexity index is 1610. The smallest absolute Gasteiger partial charge is 0.326 e. The van der Waals surface area contributed by atoms with Gasteiger partial charge in [-0.25, -0.2) is 4.79 Å². The van der Waals surface area contributed by atoms with Crippen LogP contribution in [-0.4, -0.2) is 69.4 Å². The van der Waals surface area contributed by atoms with Crippen LogP contribution in [0.3, 0.4) is 0 Å². The number of hydrogen-bond acceptors (Lipinski definition) is 5. The number of hydrogen-bond donors (Lipinski definition) is 5. The van der Waals surface area contributed by atoms with Gasteiger partial charge >= 0.3 is 5.97 Å². The van der Waals surface area contributed by atoms with Crippen molar-refractivity contribution in [3.8, 4) is 0 Å². The number of likely N-dealkylation sites (tertiary alicyclic amines) is 1. The van der Waals surface area contributed by atoms with Gasteiger partial charge in [0.25, 0.3) is 0 Å². The molecule has 4 atom stereocenters. The monoisotopic (exact) mass is 595 g/mol. The van der Waals surface area contributed by atoms with Crippen molar-refractivity contribution in [1.82, 2.24) is 20.5 Å². The predicted molar refractivity (Wildman–Crippen MR) is 167 cm³/mol. The summed E-state index contributed by atoms with van der Waals surface area (Å²) < 4.78 is 0. The zero-order valence-corrected chi connectivity index (χ0v) is 24.3. The minimum atomic E-state index is -1.22. The molecule has 0 aliphatic carbocycles. The lowest BCUT2D eigenvalue weighted by molar-refractivity contribution is -0.143. The van der Waals surface area contributed by atoms with Crippen molar-refractivity contribution in [3.05, 3.63) is 108 Å². The van der Waals surface area contributed by atoms with Crippen molar-refractivity contribution in [2.75, 3.05) is 6.54 Å². The van der Waals surface area contributed by atoms with Crippen LogP contribution in [0.1, 0.15) is 29.5 Å². The number of amides is 3. The van der Waals surface area contributed by atoms with Gasteiger partial charge in [0.2, 0.25) is 17.7 Å². The third kappa shape index (κ3) is 7.33. The minimum Gasteiger partial charge on any atom is -0.480 e. The maximum atomic E-state index is 13.6. The molecule has 3 aromatic carbocycles. The lowest BCUT2D eigenvalue weighted by Crippen LogP contribution is -2.57. The highest BCUT2D eigenvalue weighted by Crippen LogP contribution is 2.21. The zero-order chi connectivity index (χ0) is 31.1. The fourth-order valence-corrected chi connectivity index (χ4v) is 5.79. The fraction of sp³-hybridized carbons (Fsp3) is 0.294. The van der Waals surface area contributed by atoms with Gasteiger partial charge in [0, 0.05) is 36.5 Å². The van der Waals surface area contributed by atoms with Gasteiger partial charge in [0.1, 0.15) is 18.1 Å². The first kappa shape index (κ1) is 30.5. The topological polar surface area (TPSA) is 158 Å². The Morgan fingerprint density at radius 2 is 1.48 bits per heavy atom. The molecule has 6 N–H and O–H groups in total. The van der Waals surface area contributed by atoms with E-state index >= 15 is 0 Å². The SMILES string of the molecule is N[C@@H](Cc1ccccc1)C(=O)N1CCC[C@@H]1C(=O)N[C@@H](Cc1ccccc1)C(=O)N[C@@H](Cc1c[nH]c2ccccc12)C(=O)O. The molecule has 228 valence electrons. The van der Waals surface area contributed by atoms with Crippen LogP contribution in [-0.2, 0) is 38.4 Å². The lowest BCUT2D eigenvalue weighted by Gasteiger charge is -2.29. The maximum absolute atomic E-state index is 13.6. The number of carboxylic acids is 1. The quantitative estimate of drug-likeness (QED) is 0.169.